The number of aliphatic carboxylic acids is 1. The van der Waals surface area contributed by atoms with Crippen molar-refractivity contribution >= 4 is 5.97 Å². The molecule has 2 aliphatic rings. The van der Waals surface area contributed by atoms with Crippen LogP contribution in [0.15, 0.2) is 0 Å². The third-order valence-corrected chi connectivity index (χ3v) is 3.16. The monoisotopic (exact) mass is 184 g/mol. The topological polar surface area (TPSA) is 66.6 Å². The molecule has 0 radical (unpaired) electrons. The van der Waals surface area contributed by atoms with E-state index in [-0.39, 0.29) is 6.54 Å². The standard InChI is InChI=1S/C9H16N2O2/c10-7-1-6-2-8(3-7)11(4-6)5-9(12)13/h6-8H,1-5,10H2,(H,12,13). The predicted molar refractivity (Wildman–Crippen MR) is 48.3 cm³/mol. The van der Waals surface area contributed by atoms with Crippen LogP contribution in [-0.2, 0) is 4.79 Å². The SMILES string of the molecule is NC1CC2CC(C1)N(CC(=O)O)C2. The number of rotatable bonds is 2. The van der Waals surface area contributed by atoms with E-state index in [1.165, 1.54) is 0 Å². The molecule has 2 fully saturated rings. The van der Waals surface area contributed by atoms with Crippen LogP contribution in [0.4, 0.5) is 0 Å². The van der Waals surface area contributed by atoms with E-state index in [4.69, 9.17) is 10.8 Å². The van der Waals surface area contributed by atoms with Gasteiger partial charge in [-0.15, -0.1) is 0 Å². The molecule has 4 nitrogen and oxygen atoms in total. The lowest BCUT2D eigenvalue weighted by molar-refractivity contribution is -0.138. The summed E-state index contributed by atoms with van der Waals surface area (Å²) in [5, 5.41) is 8.69. The minimum Gasteiger partial charge on any atom is -0.480 e. The van der Waals surface area contributed by atoms with E-state index in [1.54, 1.807) is 0 Å². The summed E-state index contributed by atoms with van der Waals surface area (Å²) < 4.78 is 0. The largest absolute Gasteiger partial charge is 0.480 e. The molecule has 3 N–H and O–H groups in total. The maximum absolute atomic E-state index is 10.6. The molecule has 4 heteroatoms. The van der Waals surface area contributed by atoms with Gasteiger partial charge >= 0.3 is 5.97 Å². The lowest BCUT2D eigenvalue weighted by Gasteiger charge is -2.26. The molecule has 1 saturated carbocycles. The van der Waals surface area contributed by atoms with E-state index in [0.717, 1.165) is 25.8 Å². The van der Waals surface area contributed by atoms with Gasteiger partial charge in [-0.05, 0) is 25.2 Å². The molecule has 0 aromatic rings. The molecule has 0 aromatic heterocycles. The molecule has 3 atom stereocenters. The Morgan fingerprint density at radius 1 is 1.46 bits per heavy atom. The van der Waals surface area contributed by atoms with Gasteiger partial charge in [0.2, 0.25) is 0 Å². The highest BCUT2D eigenvalue weighted by atomic mass is 16.4. The summed E-state index contributed by atoms with van der Waals surface area (Å²) in [6, 6.07) is 0.729. The fourth-order valence-corrected chi connectivity index (χ4v) is 2.75. The molecule has 1 saturated heterocycles. The van der Waals surface area contributed by atoms with Gasteiger partial charge in [0.25, 0.3) is 0 Å². The van der Waals surface area contributed by atoms with Gasteiger partial charge in [0.1, 0.15) is 0 Å². The zero-order valence-electron chi connectivity index (χ0n) is 7.65. The van der Waals surface area contributed by atoms with Gasteiger partial charge in [-0.2, -0.15) is 0 Å². The molecule has 13 heavy (non-hydrogen) atoms. The van der Waals surface area contributed by atoms with Crippen molar-refractivity contribution in [2.45, 2.75) is 31.3 Å². The fraction of sp³-hybridized carbons (Fsp3) is 0.889. The zero-order valence-corrected chi connectivity index (χ0v) is 7.65. The van der Waals surface area contributed by atoms with Crippen LogP contribution in [0.1, 0.15) is 19.3 Å². The Balaban J connectivity index is 1.97. The molecule has 1 aliphatic heterocycles. The summed E-state index contributed by atoms with van der Waals surface area (Å²) >= 11 is 0. The molecule has 0 amide bonds. The molecule has 0 spiro atoms. The number of carboxylic acid groups (broad SMARTS) is 1. The second-order valence-corrected chi connectivity index (χ2v) is 4.31. The number of carboxylic acids is 1. The summed E-state index contributed by atoms with van der Waals surface area (Å²) in [4.78, 5) is 12.6. The Bertz CT molecular complexity index is 220. The summed E-state index contributed by atoms with van der Waals surface area (Å²) in [6.45, 7) is 1.12. The molecule has 1 aliphatic carbocycles. The average molecular weight is 184 g/mol. The third-order valence-electron chi connectivity index (χ3n) is 3.16. The molecule has 0 aromatic carbocycles. The summed E-state index contributed by atoms with van der Waals surface area (Å²) in [6.07, 6.45) is 3.21. The third kappa shape index (κ3) is 1.84. The number of carbonyl (C=O) groups is 1. The van der Waals surface area contributed by atoms with Crippen LogP contribution in [0.25, 0.3) is 0 Å². The highest BCUT2D eigenvalue weighted by Crippen LogP contribution is 2.34. The van der Waals surface area contributed by atoms with Crippen molar-refractivity contribution in [2.75, 3.05) is 13.1 Å². The van der Waals surface area contributed by atoms with Crippen molar-refractivity contribution < 1.29 is 9.90 Å². The van der Waals surface area contributed by atoms with E-state index in [0.29, 0.717) is 18.0 Å². The van der Waals surface area contributed by atoms with Gasteiger partial charge in [0.15, 0.2) is 0 Å². The number of hydrogen-bond donors (Lipinski definition) is 2. The van der Waals surface area contributed by atoms with Gasteiger partial charge < -0.3 is 10.8 Å². The minimum absolute atomic E-state index is 0.188. The molecular formula is C9H16N2O2. The van der Waals surface area contributed by atoms with Gasteiger partial charge in [-0.1, -0.05) is 0 Å². The fourth-order valence-electron chi connectivity index (χ4n) is 2.75. The number of nitrogens with zero attached hydrogens (tertiary/aromatic N) is 1. The summed E-state index contributed by atoms with van der Waals surface area (Å²) in [5.74, 6) is -0.0748. The van der Waals surface area contributed by atoms with Crippen molar-refractivity contribution in [3.05, 3.63) is 0 Å². The highest BCUT2D eigenvalue weighted by Gasteiger charge is 2.38. The highest BCUT2D eigenvalue weighted by molar-refractivity contribution is 5.69. The summed E-state index contributed by atoms with van der Waals surface area (Å²) in [5.41, 5.74) is 5.87. The first-order valence-corrected chi connectivity index (χ1v) is 4.86. The average Bonchev–Trinajstić information content (AvgIpc) is 2.25. The van der Waals surface area contributed by atoms with Gasteiger partial charge in [0, 0.05) is 18.6 Å². The Kier molecular flexibility index (Phi) is 2.26. The Morgan fingerprint density at radius 3 is 2.92 bits per heavy atom. The molecule has 3 unspecified atom stereocenters. The first kappa shape index (κ1) is 8.97. The van der Waals surface area contributed by atoms with E-state index < -0.39 is 5.97 Å². The van der Waals surface area contributed by atoms with E-state index in [2.05, 4.69) is 4.90 Å². The van der Waals surface area contributed by atoms with Crippen LogP contribution in [0.3, 0.4) is 0 Å². The van der Waals surface area contributed by atoms with Crippen LogP contribution in [0.5, 0.6) is 0 Å². The quantitative estimate of drug-likeness (QED) is 0.628. The lowest BCUT2D eigenvalue weighted by atomic mass is 9.87. The first-order valence-electron chi connectivity index (χ1n) is 4.86. The Hall–Kier alpha value is -0.610. The second kappa shape index (κ2) is 3.27. The molecule has 2 rings (SSSR count). The first-order chi connectivity index (χ1) is 6.15. The van der Waals surface area contributed by atoms with Gasteiger partial charge in [-0.25, -0.2) is 0 Å². The molecule has 74 valence electrons. The Morgan fingerprint density at radius 2 is 2.23 bits per heavy atom. The van der Waals surface area contributed by atoms with Gasteiger partial charge in [0.05, 0.1) is 6.54 Å². The van der Waals surface area contributed by atoms with Crippen molar-refractivity contribution in [2.24, 2.45) is 11.7 Å². The lowest BCUT2D eigenvalue weighted by Crippen LogP contribution is -2.37. The number of likely N-dealkylation sites (tertiary alicyclic amines) is 1. The molecule has 2 bridgehead atoms. The molecular weight excluding hydrogens is 168 g/mol. The van der Waals surface area contributed by atoms with Gasteiger partial charge in [-0.3, -0.25) is 9.69 Å². The van der Waals surface area contributed by atoms with Crippen LogP contribution < -0.4 is 5.73 Å². The number of hydrogen-bond acceptors (Lipinski definition) is 3. The van der Waals surface area contributed by atoms with Crippen molar-refractivity contribution in [1.29, 1.82) is 0 Å². The van der Waals surface area contributed by atoms with Crippen LogP contribution in [-0.4, -0.2) is 41.1 Å². The Labute approximate surface area is 77.7 Å². The van der Waals surface area contributed by atoms with E-state index >= 15 is 0 Å². The van der Waals surface area contributed by atoms with Crippen molar-refractivity contribution in [3.63, 3.8) is 0 Å². The number of nitrogens with two attached hydrogens (primary N) is 1. The second-order valence-electron chi connectivity index (χ2n) is 4.31. The van der Waals surface area contributed by atoms with E-state index in [1.807, 2.05) is 0 Å². The van der Waals surface area contributed by atoms with Crippen LogP contribution in [0.2, 0.25) is 0 Å². The smallest absolute Gasteiger partial charge is 0.317 e. The normalized spacial score (nSPS) is 39.3. The van der Waals surface area contributed by atoms with Crippen LogP contribution in [0, 0.1) is 5.92 Å². The predicted octanol–water partition coefficient (Wildman–Crippen LogP) is -0.117. The summed E-state index contributed by atoms with van der Waals surface area (Å²) in [7, 11) is 0. The molecule has 1 heterocycles. The van der Waals surface area contributed by atoms with Crippen LogP contribution >= 0.6 is 0 Å². The maximum atomic E-state index is 10.6. The van der Waals surface area contributed by atoms with E-state index in [9.17, 15) is 4.79 Å². The minimum atomic E-state index is -0.721. The maximum Gasteiger partial charge on any atom is 0.317 e. The van der Waals surface area contributed by atoms with Crippen molar-refractivity contribution in [1.82, 2.24) is 4.90 Å². The zero-order chi connectivity index (χ0) is 9.42. The number of fused-ring (bicyclic) bond motifs is 2. The van der Waals surface area contributed by atoms with Crippen molar-refractivity contribution in [3.8, 4) is 0 Å².